The first-order chi connectivity index (χ1) is 4.84. The molecule has 1 aromatic rings. The van der Waals surface area contributed by atoms with E-state index in [4.69, 9.17) is 5.11 Å². The Kier molecular flexibility index (Phi) is 1.89. The minimum absolute atomic E-state index is 0.0783. The molecule has 0 bridgehead atoms. The number of phenolic OH excluding ortho intramolecular Hbond substituents is 1. The number of aromatic hydroxyl groups is 1. The summed E-state index contributed by atoms with van der Waals surface area (Å²) in [6, 6.07) is 6.53. The number of anilines is 1. The fraction of sp³-hybridized carbons (Fsp3) is 0. The van der Waals surface area contributed by atoms with Crippen molar-refractivity contribution in [1.82, 2.24) is 0 Å². The minimum Gasteiger partial charge on any atom is -0.506 e. The van der Waals surface area contributed by atoms with Crippen LogP contribution in [-0.2, 0) is 4.79 Å². The Hall–Kier alpha value is -1.51. The summed E-state index contributed by atoms with van der Waals surface area (Å²) in [5.41, 5.74) is 0.428. The third kappa shape index (κ3) is 1.25. The summed E-state index contributed by atoms with van der Waals surface area (Å²) in [5.74, 6) is 0.0783. The number of nitrogens with one attached hydrogen (secondary N) is 1. The molecule has 0 saturated carbocycles. The lowest BCUT2D eigenvalue weighted by molar-refractivity contribution is -0.105. The van der Waals surface area contributed by atoms with Crippen molar-refractivity contribution in [2.45, 2.75) is 0 Å². The molecule has 0 spiro atoms. The Bertz CT molecular complexity index is 235. The summed E-state index contributed by atoms with van der Waals surface area (Å²) < 4.78 is 0. The molecule has 0 aromatic heterocycles. The Balaban J connectivity index is 2.91. The first-order valence-corrected chi connectivity index (χ1v) is 2.83. The fourth-order valence-corrected chi connectivity index (χ4v) is 0.659. The molecule has 0 radical (unpaired) electrons. The largest absolute Gasteiger partial charge is 0.506 e. The van der Waals surface area contributed by atoms with Gasteiger partial charge in [-0.2, -0.15) is 0 Å². The third-order valence-electron chi connectivity index (χ3n) is 1.12. The van der Waals surface area contributed by atoms with Crippen molar-refractivity contribution >= 4 is 12.1 Å². The molecule has 0 saturated heterocycles. The van der Waals surface area contributed by atoms with E-state index in [1.807, 2.05) is 0 Å². The van der Waals surface area contributed by atoms with Crippen LogP contribution in [0.4, 0.5) is 5.69 Å². The number of para-hydroxylation sites is 2. The summed E-state index contributed by atoms with van der Waals surface area (Å²) in [6.45, 7) is 0. The van der Waals surface area contributed by atoms with E-state index in [1.165, 1.54) is 6.07 Å². The summed E-state index contributed by atoms with van der Waals surface area (Å²) >= 11 is 0. The second kappa shape index (κ2) is 2.87. The molecule has 0 unspecified atom stereocenters. The maximum Gasteiger partial charge on any atom is 0.211 e. The van der Waals surface area contributed by atoms with Crippen molar-refractivity contribution in [3.8, 4) is 5.75 Å². The lowest BCUT2D eigenvalue weighted by Crippen LogP contribution is -1.92. The number of phenols is 1. The van der Waals surface area contributed by atoms with E-state index >= 15 is 0 Å². The van der Waals surface area contributed by atoms with Gasteiger partial charge in [-0.1, -0.05) is 12.1 Å². The van der Waals surface area contributed by atoms with E-state index in [0.29, 0.717) is 12.1 Å². The molecule has 3 heteroatoms. The SMILES string of the molecule is O=CNc1ccccc1O. The van der Waals surface area contributed by atoms with E-state index in [9.17, 15) is 4.79 Å². The molecule has 0 atom stereocenters. The first-order valence-electron chi connectivity index (χ1n) is 2.83. The monoisotopic (exact) mass is 137 g/mol. The maximum atomic E-state index is 9.90. The van der Waals surface area contributed by atoms with Crippen molar-refractivity contribution < 1.29 is 9.90 Å². The summed E-state index contributed by atoms with van der Waals surface area (Å²) in [4.78, 5) is 9.90. The van der Waals surface area contributed by atoms with Crippen molar-refractivity contribution in [2.24, 2.45) is 0 Å². The predicted molar refractivity (Wildman–Crippen MR) is 37.8 cm³/mol. The second-order valence-electron chi connectivity index (χ2n) is 1.78. The van der Waals surface area contributed by atoms with E-state index in [2.05, 4.69) is 5.32 Å². The van der Waals surface area contributed by atoms with Crippen molar-refractivity contribution in [3.63, 3.8) is 0 Å². The molecule has 1 aromatic carbocycles. The predicted octanol–water partition coefficient (Wildman–Crippen LogP) is 0.960. The van der Waals surface area contributed by atoms with E-state index in [-0.39, 0.29) is 5.75 Å². The highest BCUT2D eigenvalue weighted by atomic mass is 16.3. The molecule has 1 rings (SSSR count). The zero-order valence-corrected chi connectivity index (χ0v) is 5.24. The number of amides is 1. The highest BCUT2D eigenvalue weighted by molar-refractivity contribution is 5.74. The maximum absolute atomic E-state index is 9.90. The number of hydrogen-bond acceptors (Lipinski definition) is 2. The number of hydrogen-bond donors (Lipinski definition) is 2. The van der Waals surface area contributed by atoms with Gasteiger partial charge in [-0.05, 0) is 12.1 Å². The van der Waals surface area contributed by atoms with Gasteiger partial charge in [0.25, 0.3) is 0 Å². The molecule has 0 aliphatic carbocycles. The van der Waals surface area contributed by atoms with Crippen LogP contribution < -0.4 is 5.32 Å². The van der Waals surface area contributed by atoms with Crippen LogP contribution in [0.15, 0.2) is 24.3 Å². The number of carbonyl (C=O) groups is 1. The van der Waals surface area contributed by atoms with Gasteiger partial charge >= 0.3 is 0 Å². The molecule has 0 heterocycles. The smallest absolute Gasteiger partial charge is 0.211 e. The van der Waals surface area contributed by atoms with Gasteiger partial charge in [0.2, 0.25) is 6.41 Å². The van der Waals surface area contributed by atoms with Crippen LogP contribution in [-0.4, -0.2) is 11.5 Å². The topological polar surface area (TPSA) is 49.3 Å². The molecule has 0 aliphatic rings. The van der Waals surface area contributed by atoms with Crippen LogP contribution in [0.1, 0.15) is 0 Å². The van der Waals surface area contributed by atoms with Gasteiger partial charge in [0.15, 0.2) is 0 Å². The number of benzene rings is 1. The third-order valence-corrected chi connectivity index (χ3v) is 1.12. The highest BCUT2D eigenvalue weighted by Gasteiger charge is 1.94. The van der Waals surface area contributed by atoms with Crippen LogP contribution in [0.5, 0.6) is 5.75 Å². The molecule has 3 nitrogen and oxygen atoms in total. The molecular formula is C7H7NO2. The lowest BCUT2D eigenvalue weighted by atomic mass is 10.3. The van der Waals surface area contributed by atoms with Crippen LogP contribution in [0, 0.1) is 0 Å². The molecular weight excluding hydrogens is 130 g/mol. The van der Waals surface area contributed by atoms with Crippen LogP contribution in [0.3, 0.4) is 0 Å². The molecule has 2 N–H and O–H groups in total. The number of carbonyl (C=O) groups excluding carboxylic acids is 1. The lowest BCUT2D eigenvalue weighted by Gasteiger charge is -1.98. The van der Waals surface area contributed by atoms with Gasteiger partial charge in [0.05, 0.1) is 5.69 Å². The number of rotatable bonds is 2. The molecule has 52 valence electrons. The van der Waals surface area contributed by atoms with E-state index < -0.39 is 0 Å². The van der Waals surface area contributed by atoms with Gasteiger partial charge in [-0.25, -0.2) is 0 Å². The van der Waals surface area contributed by atoms with Gasteiger partial charge < -0.3 is 10.4 Å². The summed E-state index contributed by atoms with van der Waals surface area (Å²) in [5, 5.41) is 11.4. The summed E-state index contributed by atoms with van der Waals surface area (Å²) in [7, 11) is 0. The normalized spacial score (nSPS) is 8.80. The standard InChI is InChI=1S/C7H7NO2/c9-5-8-6-3-1-2-4-7(6)10/h1-5,10H,(H,8,9). The average molecular weight is 137 g/mol. The molecule has 0 aliphatic heterocycles. The highest BCUT2D eigenvalue weighted by Crippen LogP contribution is 2.20. The van der Waals surface area contributed by atoms with Gasteiger partial charge in [0, 0.05) is 0 Å². The average Bonchev–Trinajstić information content (AvgIpc) is 1.94. The second-order valence-corrected chi connectivity index (χ2v) is 1.78. The van der Waals surface area contributed by atoms with Crippen molar-refractivity contribution in [2.75, 3.05) is 5.32 Å². The fourth-order valence-electron chi connectivity index (χ4n) is 0.659. The Morgan fingerprint density at radius 3 is 2.70 bits per heavy atom. The van der Waals surface area contributed by atoms with Crippen LogP contribution in [0.2, 0.25) is 0 Å². The quantitative estimate of drug-likeness (QED) is 0.471. The van der Waals surface area contributed by atoms with Crippen LogP contribution in [0.25, 0.3) is 0 Å². The zero-order valence-electron chi connectivity index (χ0n) is 5.24. The minimum atomic E-state index is 0.0783. The van der Waals surface area contributed by atoms with Crippen molar-refractivity contribution in [3.05, 3.63) is 24.3 Å². The first kappa shape index (κ1) is 6.61. The molecule has 0 fully saturated rings. The van der Waals surface area contributed by atoms with Gasteiger partial charge in [-0.3, -0.25) is 4.79 Å². The van der Waals surface area contributed by atoms with Gasteiger partial charge in [0.1, 0.15) is 5.75 Å². The molecule has 1 amide bonds. The van der Waals surface area contributed by atoms with Gasteiger partial charge in [-0.15, -0.1) is 0 Å². The Labute approximate surface area is 58.3 Å². The Morgan fingerprint density at radius 2 is 2.10 bits per heavy atom. The Morgan fingerprint density at radius 1 is 1.40 bits per heavy atom. The summed E-state index contributed by atoms with van der Waals surface area (Å²) in [6.07, 6.45) is 0.523. The van der Waals surface area contributed by atoms with E-state index in [0.717, 1.165) is 0 Å². The van der Waals surface area contributed by atoms with Crippen LogP contribution >= 0.6 is 0 Å². The zero-order chi connectivity index (χ0) is 7.40. The van der Waals surface area contributed by atoms with Crippen molar-refractivity contribution in [1.29, 1.82) is 0 Å². The molecule has 10 heavy (non-hydrogen) atoms. The van der Waals surface area contributed by atoms with E-state index in [1.54, 1.807) is 18.2 Å².